The van der Waals surface area contributed by atoms with Gasteiger partial charge in [0.15, 0.2) is 0 Å². The quantitative estimate of drug-likeness (QED) is 0.669. The Labute approximate surface area is 185 Å². The number of hydrogen-bond acceptors (Lipinski definition) is 4. The molecule has 1 aliphatic heterocycles. The van der Waals surface area contributed by atoms with Gasteiger partial charge in [0.25, 0.3) is 5.91 Å². The molecule has 4 rings (SSSR count). The number of aliphatic hydroxyl groups is 1. The van der Waals surface area contributed by atoms with E-state index in [0.717, 1.165) is 18.0 Å². The van der Waals surface area contributed by atoms with E-state index >= 15 is 0 Å². The molecule has 1 heterocycles. The molecule has 0 atom stereocenters. The third kappa shape index (κ3) is 6.23. The van der Waals surface area contributed by atoms with Crippen molar-refractivity contribution in [2.24, 2.45) is 5.92 Å². The number of nitrogens with zero attached hydrogens (tertiary/aromatic N) is 1. The SMILES string of the molecule is O=C(c1ccc(NCc2cccc(OCC3CCCCC3)c2)cc1)N1CCC(O)CC1. The molecule has 0 radical (unpaired) electrons. The third-order valence-corrected chi connectivity index (χ3v) is 6.49. The number of benzene rings is 2. The second-order valence-electron chi connectivity index (χ2n) is 8.92. The molecule has 2 fully saturated rings. The average Bonchev–Trinajstić information content (AvgIpc) is 2.83. The number of aliphatic hydroxyl groups excluding tert-OH is 1. The maximum Gasteiger partial charge on any atom is 0.253 e. The van der Waals surface area contributed by atoms with Gasteiger partial charge in [0, 0.05) is 30.9 Å². The van der Waals surface area contributed by atoms with Crippen LogP contribution in [-0.2, 0) is 6.54 Å². The van der Waals surface area contributed by atoms with Gasteiger partial charge in [-0.05, 0) is 73.6 Å². The molecule has 2 aromatic carbocycles. The normalized spacial score (nSPS) is 18.0. The Hall–Kier alpha value is -2.53. The molecule has 5 heteroatoms. The van der Waals surface area contributed by atoms with E-state index in [1.54, 1.807) is 0 Å². The van der Waals surface area contributed by atoms with Crippen molar-refractivity contribution in [2.45, 2.75) is 57.6 Å². The molecular weight excluding hydrogens is 388 g/mol. The fourth-order valence-corrected chi connectivity index (χ4v) is 4.50. The summed E-state index contributed by atoms with van der Waals surface area (Å²) in [5.41, 5.74) is 2.85. The maximum atomic E-state index is 12.6. The van der Waals surface area contributed by atoms with Gasteiger partial charge < -0.3 is 20.1 Å². The monoisotopic (exact) mass is 422 g/mol. The fourth-order valence-electron chi connectivity index (χ4n) is 4.50. The largest absolute Gasteiger partial charge is 0.493 e. The molecule has 2 aromatic rings. The summed E-state index contributed by atoms with van der Waals surface area (Å²) in [7, 11) is 0. The summed E-state index contributed by atoms with van der Waals surface area (Å²) in [4.78, 5) is 14.4. The van der Waals surface area contributed by atoms with Crippen LogP contribution in [0.3, 0.4) is 0 Å². The van der Waals surface area contributed by atoms with E-state index in [0.29, 0.717) is 44.0 Å². The Morgan fingerprint density at radius 1 is 1.00 bits per heavy atom. The molecule has 0 bridgehead atoms. The van der Waals surface area contributed by atoms with E-state index in [1.807, 2.05) is 41.3 Å². The Morgan fingerprint density at radius 3 is 2.48 bits per heavy atom. The van der Waals surface area contributed by atoms with Crippen molar-refractivity contribution in [2.75, 3.05) is 25.0 Å². The smallest absolute Gasteiger partial charge is 0.253 e. The number of hydrogen-bond donors (Lipinski definition) is 2. The van der Waals surface area contributed by atoms with Crippen LogP contribution in [0.1, 0.15) is 60.9 Å². The number of nitrogens with one attached hydrogen (secondary N) is 1. The highest BCUT2D eigenvalue weighted by molar-refractivity contribution is 5.94. The number of piperidine rings is 1. The van der Waals surface area contributed by atoms with Gasteiger partial charge in [-0.25, -0.2) is 0 Å². The van der Waals surface area contributed by atoms with Gasteiger partial charge in [0.2, 0.25) is 0 Å². The lowest BCUT2D eigenvalue weighted by Crippen LogP contribution is -2.40. The molecule has 5 nitrogen and oxygen atoms in total. The first-order chi connectivity index (χ1) is 15.2. The van der Waals surface area contributed by atoms with E-state index < -0.39 is 0 Å². The predicted molar refractivity (Wildman–Crippen MR) is 123 cm³/mol. The summed E-state index contributed by atoms with van der Waals surface area (Å²) in [6.07, 6.45) is 7.68. The number of likely N-dealkylation sites (tertiary alicyclic amines) is 1. The van der Waals surface area contributed by atoms with Crippen molar-refractivity contribution in [1.82, 2.24) is 4.90 Å². The first-order valence-corrected chi connectivity index (χ1v) is 11.7. The van der Waals surface area contributed by atoms with Crippen molar-refractivity contribution < 1.29 is 14.6 Å². The van der Waals surface area contributed by atoms with Crippen LogP contribution in [0.4, 0.5) is 5.69 Å². The van der Waals surface area contributed by atoms with Crippen LogP contribution in [0.25, 0.3) is 0 Å². The number of rotatable bonds is 7. The Kier molecular flexibility index (Phi) is 7.47. The highest BCUT2D eigenvalue weighted by Crippen LogP contribution is 2.25. The molecule has 2 aliphatic rings. The van der Waals surface area contributed by atoms with E-state index in [-0.39, 0.29) is 12.0 Å². The van der Waals surface area contributed by atoms with Crippen LogP contribution in [0, 0.1) is 5.92 Å². The minimum Gasteiger partial charge on any atom is -0.493 e. The van der Waals surface area contributed by atoms with E-state index in [4.69, 9.17) is 4.74 Å². The molecule has 1 saturated heterocycles. The van der Waals surface area contributed by atoms with Gasteiger partial charge in [0.05, 0.1) is 12.7 Å². The summed E-state index contributed by atoms with van der Waals surface area (Å²) in [6.45, 7) is 2.78. The van der Waals surface area contributed by atoms with Gasteiger partial charge in [-0.3, -0.25) is 4.79 Å². The first kappa shape index (κ1) is 21.7. The average molecular weight is 423 g/mol. The standard InChI is InChI=1S/C26H34N2O3/c29-24-13-15-28(16-14-24)26(30)22-9-11-23(12-10-22)27-18-21-7-4-8-25(17-21)31-19-20-5-2-1-3-6-20/h4,7-12,17,20,24,27,29H,1-3,5-6,13-16,18-19H2. The van der Waals surface area contributed by atoms with Crippen molar-refractivity contribution in [3.05, 3.63) is 59.7 Å². The molecule has 0 aromatic heterocycles. The summed E-state index contributed by atoms with van der Waals surface area (Å²) >= 11 is 0. The Morgan fingerprint density at radius 2 is 1.74 bits per heavy atom. The Balaban J connectivity index is 1.26. The van der Waals surface area contributed by atoms with Crippen LogP contribution >= 0.6 is 0 Å². The van der Waals surface area contributed by atoms with Crippen LogP contribution < -0.4 is 10.1 Å². The van der Waals surface area contributed by atoms with Crippen molar-refractivity contribution >= 4 is 11.6 Å². The second-order valence-corrected chi connectivity index (χ2v) is 8.92. The highest BCUT2D eigenvalue weighted by atomic mass is 16.5. The topological polar surface area (TPSA) is 61.8 Å². The molecule has 166 valence electrons. The van der Waals surface area contributed by atoms with E-state index in [2.05, 4.69) is 17.4 Å². The van der Waals surface area contributed by atoms with Gasteiger partial charge in [-0.1, -0.05) is 31.4 Å². The zero-order valence-corrected chi connectivity index (χ0v) is 18.3. The summed E-state index contributed by atoms with van der Waals surface area (Å²) in [6, 6.07) is 15.9. The molecule has 0 spiro atoms. The number of ether oxygens (including phenoxy) is 1. The van der Waals surface area contributed by atoms with Crippen molar-refractivity contribution in [3.8, 4) is 5.75 Å². The van der Waals surface area contributed by atoms with E-state index in [9.17, 15) is 9.90 Å². The molecule has 1 amide bonds. The summed E-state index contributed by atoms with van der Waals surface area (Å²) < 4.78 is 6.06. The zero-order chi connectivity index (χ0) is 21.5. The predicted octanol–water partition coefficient (Wildman–Crippen LogP) is 4.85. The molecule has 0 unspecified atom stereocenters. The van der Waals surface area contributed by atoms with Crippen LogP contribution in [0.15, 0.2) is 48.5 Å². The minimum atomic E-state index is -0.271. The lowest BCUT2D eigenvalue weighted by Gasteiger charge is -2.29. The van der Waals surface area contributed by atoms with Crippen molar-refractivity contribution in [3.63, 3.8) is 0 Å². The molecular formula is C26H34N2O3. The second kappa shape index (κ2) is 10.7. The van der Waals surface area contributed by atoms with Crippen LogP contribution in [0.2, 0.25) is 0 Å². The van der Waals surface area contributed by atoms with Crippen LogP contribution in [0.5, 0.6) is 5.75 Å². The lowest BCUT2D eigenvalue weighted by atomic mass is 9.90. The third-order valence-electron chi connectivity index (χ3n) is 6.49. The van der Waals surface area contributed by atoms with Crippen LogP contribution in [-0.4, -0.2) is 41.7 Å². The van der Waals surface area contributed by atoms with Gasteiger partial charge >= 0.3 is 0 Å². The summed E-state index contributed by atoms with van der Waals surface area (Å²) in [5, 5.41) is 13.1. The van der Waals surface area contributed by atoms with Gasteiger partial charge in [0.1, 0.15) is 5.75 Å². The molecule has 31 heavy (non-hydrogen) atoms. The number of amides is 1. The minimum absolute atomic E-state index is 0.0428. The molecule has 2 N–H and O–H groups in total. The van der Waals surface area contributed by atoms with Gasteiger partial charge in [-0.15, -0.1) is 0 Å². The number of carbonyl (C=O) groups excluding carboxylic acids is 1. The number of anilines is 1. The van der Waals surface area contributed by atoms with E-state index in [1.165, 1.54) is 37.7 Å². The maximum absolute atomic E-state index is 12.6. The van der Waals surface area contributed by atoms with Gasteiger partial charge in [-0.2, -0.15) is 0 Å². The molecule has 1 saturated carbocycles. The lowest BCUT2D eigenvalue weighted by molar-refractivity contribution is 0.0546. The fraction of sp³-hybridized carbons (Fsp3) is 0.500. The Bertz CT molecular complexity index is 838. The summed E-state index contributed by atoms with van der Waals surface area (Å²) in [5.74, 6) is 1.69. The number of carbonyl (C=O) groups is 1. The molecule has 1 aliphatic carbocycles. The highest BCUT2D eigenvalue weighted by Gasteiger charge is 2.22. The van der Waals surface area contributed by atoms with Crippen molar-refractivity contribution in [1.29, 1.82) is 0 Å². The first-order valence-electron chi connectivity index (χ1n) is 11.7. The zero-order valence-electron chi connectivity index (χ0n) is 18.3.